The Kier molecular flexibility index (Phi) is 2.59. The van der Waals surface area contributed by atoms with Crippen LogP contribution >= 0.6 is 0 Å². The average molecular weight is 179 g/mol. The molecule has 0 fully saturated rings. The molecule has 1 heterocycles. The summed E-state index contributed by atoms with van der Waals surface area (Å²) in [5.41, 5.74) is 6.27. The number of carboxylic acid groups (broad SMARTS) is 1. The smallest absolute Gasteiger partial charge is 0.309 e. The van der Waals surface area contributed by atoms with Gasteiger partial charge in [0.15, 0.2) is 0 Å². The molecule has 0 amide bonds. The molecule has 0 aliphatic rings. The van der Waals surface area contributed by atoms with Crippen LogP contribution in [-0.4, -0.2) is 21.0 Å². The van der Waals surface area contributed by atoms with Crippen molar-refractivity contribution in [2.24, 2.45) is 0 Å². The van der Waals surface area contributed by atoms with E-state index < -0.39 is 5.97 Å². The quantitative estimate of drug-likeness (QED) is 0.697. The van der Waals surface area contributed by atoms with Crippen molar-refractivity contribution >= 4 is 17.9 Å². The minimum Gasteiger partial charge on any atom is -0.481 e. The summed E-state index contributed by atoms with van der Waals surface area (Å²) >= 11 is 0. The molecule has 1 aromatic heterocycles. The molecular formula is C8H9N3O2. The molecule has 3 N–H and O–H groups in total. The van der Waals surface area contributed by atoms with Crippen molar-refractivity contribution in [2.45, 2.75) is 6.42 Å². The SMILES string of the molecule is C=Cc1cnc(CC(=O)O)c(N)n1. The molecule has 0 saturated heterocycles. The van der Waals surface area contributed by atoms with Crippen molar-refractivity contribution in [3.05, 3.63) is 24.2 Å². The van der Waals surface area contributed by atoms with Gasteiger partial charge in [-0.05, 0) is 6.08 Å². The summed E-state index contributed by atoms with van der Waals surface area (Å²) in [6.45, 7) is 3.49. The topological polar surface area (TPSA) is 89.1 Å². The highest BCUT2D eigenvalue weighted by molar-refractivity contribution is 5.71. The number of hydrogen-bond acceptors (Lipinski definition) is 4. The number of nitrogens with two attached hydrogens (primary N) is 1. The standard InChI is InChI=1S/C8H9N3O2/c1-2-5-4-10-6(3-7(12)13)8(9)11-5/h2,4H,1,3H2,(H2,9,11)(H,12,13). The summed E-state index contributed by atoms with van der Waals surface area (Å²) in [6, 6.07) is 0. The van der Waals surface area contributed by atoms with Gasteiger partial charge in [0.1, 0.15) is 5.82 Å². The molecule has 0 bridgehead atoms. The van der Waals surface area contributed by atoms with Crippen LogP contribution < -0.4 is 5.73 Å². The van der Waals surface area contributed by atoms with Crippen molar-refractivity contribution in [1.29, 1.82) is 0 Å². The molecule has 0 saturated carbocycles. The van der Waals surface area contributed by atoms with E-state index in [1.807, 2.05) is 0 Å². The fourth-order valence-electron chi connectivity index (χ4n) is 0.820. The third-order valence-electron chi connectivity index (χ3n) is 1.43. The molecule has 68 valence electrons. The van der Waals surface area contributed by atoms with E-state index in [1.54, 1.807) is 0 Å². The largest absolute Gasteiger partial charge is 0.481 e. The molecule has 0 atom stereocenters. The van der Waals surface area contributed by atoms with E-state index in [4.69, 9.17) is 10.8 Å². The number of hydrogen-bond donors (Lipinski definition) is 2. The maximum atomic E-state index is 10.3. The van der Waals surface area contributed by atoms with Crippen LogP contribution in [0.1, 0.15) is 11.4 Å². The summed E-state index contributed by atoms with van der Waals surface area (Å²) in [5, 5.41) is 8.47. The van der Waals surface area contributed by atoms with Gasteiger partial charge in [-0.15, -0.1) is 0 Å². The fraction of sp³-hybridized carbons (Fsp3) is 0.125. The Labute approximate surface area is 74.9 Å². The van der Waals surface area contributed by atoms with Crippen LogP contribution in [0.5, 0.6) is 0 Å². The first kappa shape index (κ1) is 9.18. The van der Waals surface area contributed by atoms with E-state index in [9.17, 15) is 4.79 Å². The second-order valence-electron chi connectivity index (χ2n) is 2.40. The number of aromatic nitrogens is 2. The predicted octanol–water partition coefficient (Wildman–Crippen LogP) is 0.329. The third-order valence-corrected chi connectivity index (χ3v) is 1.43. The molecule has 5 nitrogen and oxygen atoms in total. The minimum absolute atomic E-state index is 0.139. The lowest BCUT2D eigenvalue weighted by molar-refractivity contribution is -0.136. The van der Waals surface area contributed by atoms with Gasteiger partial charge < -0.3 is 10.8 Å². The lowest BCUT2D eigenvalue weighted by Gasteiger charge is -2.01. The number of rotatable bonds is 3. The second kappa shape index (κ2) is 3.66. The Hall–Kier alpha value is -1.91. The molecule has 0 aromatic carbocycles. The summed E-state index contributed by atoms with van der Waals surface area (Å²) in [5.74, 6) is -0.841. The van der Waals surface area contributed by atoms with Gasteiger partial charge in [-0.25, -0.2) is 4.98 Å². The lowest BCUT2D eigenvalue weighted by atomic mass is 10.3. The van der Waals surface area contributed by atoms with E-state index in [2.05, 4.69) is 16.5 Å². The zero-order chi connectivity index (χ0) is 9.84. The monoisotopic (exact) mass is 179 g/mol. The fourth-order valence-corrected chi connectivity index (χ4v) is 0.820. The molecule has 13 heavy (non-hydrogen) atoms. The normalized spacial score (nSPS) is 9.54. The lowest BCUT2D eigenvalue weighted by Crippen LogP contribution is -2.08. The summed E-state index contributed by atoms with van der Waals surface area (Å²) in [4.78, 5) is 18.1. The average Bonchev–Trinajstić information content (AvgIpc) is 2.08. The highest BCUT2D eigenvalue weighted by Crippen LogP contribution is 2.07. The van der Waals surface area contributed by atoms with Crippen molar-refractivity contribution < 1.29 is 9.90 Å². The maximum absolute atomic E-state index is 10.3. The van der Waals surface area contributed by atoms with E-state index >= 15 is 0 Å². The van der Waals surface area contributed by atoms with Gasteiger partial charge in [0.25, 0.3) is 0 Å². The van der Waals surface area contributed by atoms with Crippen molar-refractivity contribution in [1.82, 2.24) is 9.97 Å². The highest BCUT2D eigenvalue weighted by atomic mass is 16.4. The van der Waals surface area contributed by atoms with Crippen LogP contribution in [0.15, 0.2) is 12.8 Å². The van der Waals surface area contributed by atoms with Crippen LogP contribution in [0.2, 0.25) is 0 Å². The van der Waals surface area contributed by atoms with Gasteiger partial charge in [-0.2, -0.15) is 0 Å². The predicted molar refractivity (Wildman–Crippen MR) is 47.9 cm³/mol. The number of carboxylic acids is 1. The third kappa shape index (κ3) is 2.26. The Morgan fingerprint density at radius 3 is 2.92 bits per heavy atom. The number of aliphatic carboxylic acids is 1. The Balaban J connectivity index is 2.98. The van der Waals surface area contributed by atoms with Gasteiger partial charge in [0.2, 0.25) is 0 Å². The van der Waals surface area contributed by atoms with Crippen LogP contribution in [-0.2, 0) is 11.2 Å². The summed E-state index contributed by atoms with van der Waals surface area (Å²) in [7, 11) is 0. The first-order valence-electron chi connectivity index (χ1n) is 3.59. The Morgan fingerprint density at radius 2 is 2.46 bits per heavy atom. The van der Waals surface area contributed by atoms with Gasteiger partial charge in [-0.1, -0.05) is 6.58 Å². The van der Waals surface area contributed by atoms with Crippen molar-refractivity contribution in [3.63, 3.8) is 0 Å². The molecule has 1 rings (SSSR count). The van der Waals surface area contributed by atoms with Gasteiger partial charge >= 0.3 is 5.97 Å². The zero-order valence-electron chi connectivity index (χ0n) is 6.90. The first-order chi connectivity index (χ1) is 6.13. The van der Waals surface area contributed by atoms with Crippen molar-refractivity contribution in [2.75, 3.05) is 5.73 Å². The summed E-state index contributed by atoms with van der Waals surface area (Å²) < 4.78 is 0. The number of nitrogen functional groups attached to an aromatic ring is 1. The highest BCUT2D eigenvalue weighted by Gasteiger charge is 2.07. The molecule has 0 radical (unpaired) electrons. The molecular weight excluding hydrogens is 170 g/mol. The molecule has 5 heteroatoms. The van der Waals surface area contributed by atoms with E-state index in [1.165, 1.54) is 12.3 Å². The number of nitrogens with zero attached hydrogens (tertiary/aromatic N) is 2. The van der Waals surface area contributed by atoms with E-state index in [0.29, 0.717) is 5.69 Å². The molecule has 1 aromatic rings. The summed E-state index contributed by atoms with van der Waals surface area (Å²) in [6.07, 6.45) is 2.71. The molecule has 0 aliphatic heterocycles. The van der Waals surface area contributed by atoms with Gasteiger partial charge in [-0.3, -0.25) is 9.78 Å². The van der Waals surface area contributed by atoms with Crippen LogP contribution in [0.25, 0.3) is 6.08 Å². The minimum atomic E-state index is -0.979. The number of anilines is 1. The zero-order valence-corrected chi connectivity index (χ0v) is 6.90. The van der Waals surface area contributed by atoms with Gasteiger partial charge in [0.05, 0.1) is 24.0 Å². The van der Waals surface area contributed by atoms with Gasteiger partial charge in [0, 0.05) is 0 Å². The molecule has 0 aliphatic carbocycles. The van der Waals surface area contributed by atoms with E-state index in [-0.39, 0.29) is 17.9 Å². The van der Waals surface area contributed by atoms with Crippen LogP contribution in [0.3, 0.4) is 0 Å². The Morgan fingerprint density at radius 1 is 1.77 bits per heavy atom. The molecule has 0 spiro atoms. The van der Waals surface area contributed by atoms with Crippen LogP contribution in [0, 0.1) is 0 Å². The van der Waals surface area contributed by atoms with E-state index in [0.717, 1.165) is 0 Å². The maximum Gasteiger partial charge on any atom is 0.309 e. The molecule has 0 unspecified atom stereocenters. The first-order valence-corrected chi connectivity index (χ1v) is 3.59. The Bertz CT molecular complexity index is 349. The second-order valence-corrected chi connectivity index (χ2v) is 2.40. The number of carbonyl (C=O) groups is 1. The van der Waals surface area contributed by atoms with Crippen molar-refractivity contribution in [3.8, 4) is 0 Å². The van der Waals surface area contributed by atoms with Crippen LogP contribution in [0.4, 0.5) is 5.82 Å².